The number of nitrogens with one attached hydrogen (secondary N) is 1. The summed E-state index contributed by atoms with van der Waals surface area (Å²) in [5.74, 6) is 0.367. The second-order valence-corrected chi connectivity index (χ2v) is 9.03. The maximum absolute atomic E-state index is 12.8. The fourth-order valence-electron chi connectivity index (χ4n) is 3.58. The summed E-state index contributed by atoms with van der Waals surface area (Å²) in [4.78, 5) is 37.9. The molecule has 0 spiro atoms. The van der Waals surface area contributed by atoms with E-state index in [1.165, 1.54) is 46.8 Å². The molecule has 0 atom stereocenters. The maximum Gasteiger partial charge on any atom is 0.265 e. The molecule has 0 radical (unpaired) electrons. The molecule has 1 fully saturated rings. The van der Waals surface area contributed by atoms with Gasteiger partial charge in [-0.15, -0.1) is 11.8 Å². The first-order valence-electron chi connectivity index (χ1n) is 10.8. The molecule has 12 heteroatoms. The Kier molecular flexibility index (Phi) is 9.05. The number of halogens is 1. The van der Waals surface area contributed by atoms with Crippen LogP contribution in [0.15, 0.2) is 24.3 Å². The number of methoxy groups -OCH3 is 2. The predicted octanol–water partition coefficient (Wildman–Crippen LogP) is 2.76. The molecule has 0 unspecified atom stereocenters. The lowest BCUT2D eigenvalue weighted by Crippen LogP contribution is -2.45. The van der Waals surface area contributed by atoms with E-state index >= 15 is 0 Å². The second kappa shape index (κ2) is 12.0. The van der Waals surface area contributed by atoms with Crippen LogP contribution in [0.5, 0.6) is 11.5 Å². The molecule has 1 N–H and O–H groups in total. The van der Waals surface area contributed by atoms with Gasteiger partial charge in [-0.1, -0.05) is 11.6 Å². The van der Waals surface area contributed by atoms with E-state index in [9.17, 15) is 14.4 Å². The Hall–Kier alpha value is -3.18. The third-order valence-electron chi connectivity index (χ3n) is 5.30. The molecule has 1 aliphatic heterocycles. The highest BCUT2D eigenvalue weighted by Gasteiger charge is 2.29. The van der Waals surface area contributed by atoms with Gasteiger partial charge in [0.25, 0.3) is 11.8 Å². The number of hydrogen-bond donors (Lipinski definition) is 1. The summed E-state index contributed by atoms with van der Waals surface area (Å²) in [7, 11) is 4.77. The van der Waals surface area contributed by atoms with Gasteiger partial charge in [0.05, 0.1) is 37.1 Å². The van der Waals surface area contributed by atoms with Crippen LogP contribution in [0.25, 0.3) is 6.08 Å². The third kappa shape index (κ3) is 6.49. The van der Waals surface area contributed by atoms with E-state index in [0.29, 0.717) is 53.1 Å². The van der Waals surface area contributed by atoms with Crippen LogP contribution in [0.1, 0.15) is 17.7 Å². The summed E-state index contributed by atoms with van der Waals surface area (Å²) in [6.07, 6.45) is 3.68. The zero-order chi connectivity index (χ0) is 25.5. The number of ether oxygens (including phenoxy) is 2. The summed E-state index contributed by atoms with van der Waals surface area (Å²) in [6, 6.07) is 5.09. The molecule has 1 aromatic carbocycles. The van der Waals surface area contributed by atoms with Crippen LogP contribution in [0.2, 0.25) is 5.15 Å². The number of hydrazine groups is 1. The van der Waals surface area contributed by atoms with Gasteiger partial charge in [-0.3, -0.25) is 24.1 Å². The molecule has 1 aromatic heterocycles. The number of thioether (sulfide) groups is 1. The number of rotatable bonds is 9. The van der Waals surface area contributed by atoms with E-state index in [2.05, 4.69) is 10.4 Å². The lowest BCUT2D eigenvalue weighted by molar-refractivity contribution is -0.152. The second-order valence-electron chi connectivity index (χ2n) is 7.69. The smallest absolute Gasteiger partial charge is 0.265 e. The van der Waals surface area contributed by atoms with Crippen molar-refractivity contribution in [3.8, 4) is 11.5 Å². The standard InChI is InChI=1S/C23H28ClN5O5S/c1-15-17(23(24)27(2)26-15)7-9-21(31)28-10-5-11-29(28)22(32)14-35-13-20(30)25-18-12-16(33-3)6-8-19(18)34-4/h6-9,12H,5,10-11,13-14H2,1-4H3,(H,25,30)/b9-7+. The van der Waals surface area contributed by atoms with E-state index < -0.39 is 0 Å². The fraction of sp³-hybridized carbons (Fsp3) is 0.391. The minimum Gasteiger partial charge on any atom is -0.497 e. The SMILES string of the molecule is COc1ccc(OC)c(NC(=O)CSCC(=O)N2CCCN2C(=O)/C=C/c2c(C)nn(C)c2Cl)c1. The summed E-state index contributed by atoms with van der Waals surface area (Å²) >= 11 is 7.38. The number of benzene rings is 1. The number of carbonyl (C=O) groups is 3. The molecule has 2 heterocycles. The predicted molar refractivity (Wildman–Crippen MR) is 136 cm³/mol. The minimum atomic E-state index is -0.317. The van der Waals surface area contributed by atoms with Crippen LogP contribution in [0.3, 0.4) is 0 Å². The summed E-state index contributed by atoms with van der Waals surface area (Å²) < 4.78 is 12.0. The lowest BCUT2D eigenvalue weighted by Gasteiger charge is -2.26. The lowest BCUT2D eigenvalue weighted by atomic mass is 10.2. The van der Waals surface area contributed by atoms with Gasteiger partial charge in [0.1, 0.15) is 16.7 Å². The first kappa shape index (κ1) is 26.4. The van der Waals surface area contributed by atoms with Crippen molar-refractivity contribution in [2.75, 3.05) is 44.1 Å². The molecule has 0 saturated carbocycles. The number of amides is 3. The van der Waals surface area contributed by atoms with Gasteiger partial charge in [-0.05, 0) is 31.6 Å². The van der Waals surface area contributed by atoms with Crippen LogP contribution in [-0.4, -0.2) is 76.3 Å². The number of carbonyl (C=O) groups excluding carboxylic acids is 3. The van der Waals surface area contributed by atoms with E-state index in [-0.39, 0.29) is 29.2 Å². The Balaban J connectivity index is 1.52. The van der Waals surface area contributed by atoms with Crippen molar-refractivity contribution in [1.29, 1.82) is 0 Å². The first-order valence-corrected chi connectivity index (χ1v) is 12.4. The van der Waals surface area contributed by atoms with Gasteiger partial charge in [0.2, 0.25) is 5.91 Å². The number of aryl methyl sites for hydroxylation is 2. The van der Waals surface area contributed by atoms with Crippen molar-refractivity contribution in [1.82, 2.24) is 19.8 Å². The highest BCUT2D eigenvalue weighted by atomic mass is 35.5. The first-order chi connectivity index (χ1) is 16.7. The van der Waals surface area contributed by atoms with Gasteiger partial charge in [0.15, 0.2) is 0 Å². The molecular formula is C23H28ClN5O5S. The van der Waals surface area contributed by atoms with Gasteiger partial charge < -0.3 is 14.8 Å². The molecule has 1 saturated heterocycles. The fourth-order valence-corrected chi connectivity index (χ4v) is 4.50. The molecular weight excluding hydrogens is 494 g/mol. The average Bonchev–Trinajstić information content (AvgIpc) is 3.42. The Labute approximate surface area is 213 Å². The van der Waals surface area contributed by atoms with Crippen molar-refractivity contribution in [3.63, 3.8) is 0 Å². The normalized spacial score (nSPS) is 13.4. The van der Waals surface area contributed by atoms with E-state index in [1.807, 2.05) is 0 Å². The molecule has 3 rings (SSSR count). The topological polar surface area (TPSA) is 106 Å². The number of nitrogens with zero attached hydrogens (tertiary/aromatic N) is 4. The number of aromatic nitrogens is 2. The Morgan fingerprint density at radius 3 is 2.57 bits per heavy atom. The van der Waals surface area contributed by atoms with Crippen LogP contribution >= 0.6 is 23.4 Å². The van der Waals surface area contributed by atoms with Gasteiger partial charge >= 0.3 is 0 Å². The zero-order valence-corrected chi connectivity index (χ0v) is 21.6. The van der Waals surface area contributed by atoms with Crippen LogP contribution in [-0.2, 0) is 21.4 Å². The zero-order valence-electron chi connectivity index (χ0n) is 20.0. The quantitative estimate of drug-likeness (QED) is 0.506. The Morgan fingerprint density at radius 1 is 1.17 bits per heavy atom. The molecule has 3 amide bonds. The highest BCUT2D eigenvalue weighted by molar-refractivity contribution is 8.00. The average molecular weight is 522 g/mol. The van der Waals surface area contributed by atoms with Crippen LogP contribution in [0.4, 0.5) is 5.69 Å². The van der Waals surface area contributed by atoms with Gasteiger partial charge in [-0.2, -0.15) is 5.10 Å². The summed E-state index contributed by atoms with van der Waals surface area (Å²) in [5.41, 5.74) is 1.85. The van der Waals surface area contributed by atoms with Gasteiger partial charge in [0, 0.05) is 37.8 Å². The minimum absolute atomic E-state index is 0.0592. The molecule has 1 aliphatic rings. The van der Waals surface area contributed by atoms with E-state index in [4.69, 9.17) is 21.1 Å². The third-order valence-corrected chi connectivity index (χ3v) is 6.67. The van der Waals surface area contributed by atoms with E-state index in [1.54, 1.807) is 38.2 Å². The number of anilines is 1. The van der Waals surface area contributed by atoms with Crippen molar-refractivity contribution in [2.24, 2.45) is 7.05 Å². The molecule has 10 nitrogen and oxygen atoms in total. The molecule has 188 valence electrons. The van der Waals surface area contributed by atoms with E-state index in [0.717, 1.165) is 0 Å². The van der Waals surface area contributed by atoms with Gasteiger partial charge in [-0.25, -0.2) is 5.01 Å². The maximum atomic E-state index is 12.8. The number of hydrogen-bond acceptors (Lipinski definition) is 7. The van der Waals surface area contributed by atoms with Crippen LogP contribution < -0.4 is 14.8 Å². The van der Waals surface area contributed by atoms with Crippen molar-refractivity contribution in [2.45, 2.75) is 13.3 Å². The molecule has 0 bridgehead atoms. The Bertz CT molecular complexity index is 1140. The Morgan fingerprint density at radius 2 is 1.91 bits per heavy atom. The monoisotopic (exact) mass is 521 g/mol. The van der Waals surface area contributed by atoms with Crippen LogP contribution in [0, 0.1) is 6.92 Å². The van der Waals surface area contributed by atoms with Crippen molar-refractivity contribution >= 4 is 52.8 Å². The largest absolute Gasteiger partial charge is 0.497 e. The summed E-state index contributed by atoms with van der Waals surface area (Å²) in [6.45, 7) is 2.69. The molecule has 2 aromatic rings. The van der Waals surface area contributed by atoms with Crippen molar-refractivity contribution < 1.29 is 23.9 Å². The van der Waals surface area contributed by atoms with Crippen molar-refractivity contribution in [3.05, 3.63) is 40.7 Å². The highest BCUT2D eigenvalue weighted by Crippen LogP contribution is 2.29. The molecule has 35 heavy (non-hydrogen) atoms. The molecule has 0 aliphatic carbocycles. The summed E-state index contributed by atoms with van der Waals surface area (Å²) in [5, 5.41) is 10.3.